The fourth-order valence-electron chi connectivity index (χ4n) is 3.51. The number of hydrogen-bond acceptors (Lipinski definition) is 4. The molecule has 1 fully saturated rings. The Morgan fingerprint density at radius 2 is 2.07 bits per heavy atom. The Kier molecular flexibility index (Phi) is 4.86. The fourth-order valence-corrected chi connectivity index (χ4v) is 3.51. The predicted octanol–water partition coefficient (Wildman–Crippen LogP) is 2.23. The topological polar surface area (TPSA) is 80.9 Å². The van der Waals surface area contributed by atoms with Crippen molar-refractivity contribution in [1.82, 2.24) is 35.0 Å². The third kappa shape index (κ3) is 3.84. The van der Waals surface area contributed by atoms with Gasteiger partial charge in [0.05, 0.1) is 17.9 Å². The molecule has 3 aromatic rings. The lowest BCUT2D eigenvalue weighted by Gasteiger charge is -2.32. The Labute approximate surface area is 157 Å². The molecule has 2 aromatic heterocycles. The van der Waals surface area contributed by atoms with E-state index in [4.69, 9.17) is 0 Å². The highest BCUT2D eigenvalue weighted by molar-refractivity contribution is 5.74. The summed E-state index contributed by atoms with van der Waals surface area (Å²) in [6.45, 7) is 1.94. The highest BCUT2D eigenvalue weighted by Crippen LogP contribution is 2.21. The van der Waals surface area contributed by atoms with Gasteiger partial charge in [-0.05, 0) is 30.0 Å². The number of piperidine rings is 1. The number of nitrogens with zero attached hydrogens (tertiary/aromatic N) is 6. The summed E-state index contributed by atoms with van der Waals surface area (Å²) in [6, 6.07) is 10.3. The molecule has 0 saturated carbocycles. The second kappa shape index (κ2) is 7.61. The second-order valence-electron chi connectivity index (χ2n) is 6.82. The van der Waals surface area contributed by atoms with E-state index in [1.807, 2.05) is 45.7 Å². The molecular formula is C19H23N7O. The molecule has 0 aliphatic carbocycles. The van der Waals surface area contributed by atoms with Gasteiger partial charge in [0.25, 0.3) is 0 Å². The minimum Gasteiger partial charge on any atom is -0.334 e. The van der Waals surface area contributed by atoms with Gasteiger partial charge in [-0.1, -0.05) is 29.5 Å². The maximum Gasteiger partial charge on any atom is 0.317 e. The number of aromatic nitrogens is 5. The van der Waals surface area contributed by atoms with Crippen molar-refractivity contribution in [3.05, 3.63) is 54.5 Å². The van der Waals surface area contributed by atoms with Gasteiger partial charge in [-0.2, -0.15) is 5.10 Å². The highest BCUT2D eigenvalue weighted by atomic mass is 16.2. The van der Waals surface area contributed by atoms with Crippen LogP contribution in [-0.2, 0) is 13.6 Å². The zero-order valence-electron chi connectivity index (χ0n) is 15.3. The molecule has 4 rings (SSSR count). The van der Waals surface area contributed by atoms with E-state index < -0.39 is 0 Å². The number of likely N-dealkylation sites (tertiary alicyclic amines) is 1. The van der Waals surface area contributed by atoms with Crippen LogP contribution in [0.15, 0.2) is 48.9 Å². The SMILES string of the molecule is Cn1nccc1-c1ccc(CNC(=O)N2CCC[C@H](n3ccnn3)C2)cc1. The normalized spacial score (nSPS) is 17.1. The average molecular weight is 365 g/mol. The molecule has 8 heteroatoms. The summed E-state index contributed by atoms with van der Waals surface area (Å²) in [5, 5.41) is 15.1. The molecule has 0 unspecified atom stereocenters. The Bertz CT molecular complexity index is 885. The molecule has 1 atom stereocenters. The number of rotatable bonds is 4. The Morgan fingerprint density at radius 3 is 2.78 bits per heavy atom. The van der Waals surface area contributed by atoms with Gasteiger partial charge in [-0.15, -0.1) is 5.10 Å². The van der Waals surface area contributed by atoms with Crippen LogP contribution >= 0.6 is 0 Å². The van der Waals surface area contributed by atoms with Crippen LogP contribution in [-0.4, -0.2) is 48.8 Å². The number of benzene rings is 1. The minimum atomic E-state index is -0.0319. The maximum absolute atomic E-state index is 12.5. The van der Waals surface area contributed by atoms with Crippen LogP contribution < -0.4 is 5.32 Å². The van der Waals surface area contributed by atoms with Crippen LogP contribution in [0, 0.1) is 0 Å². The van der Waals surface area contributed by atoms with Crippen molar-refractivity contribution < 1.29 is 4.79 Å². The lowest BCUT2D eigenvalue weighted by Crippen LogP contribution is -2.45. The van der Waals surface area contributed by atoms with Gasteiger partial charge >= 0.3 is 6.03 Å². The summed E-state index contributed by atoms with van der Waals surface area (Å²) in [5.41, 5.74) is 3.24. The van der Waals surface area contributed by atoms with E-state index in [2.05, 4.69) is 32.9 Å². The summed E-state index contributed by atoms with van der Waals surface area (Å²) in [5.74, 6) is 0. The molecule has 1 saturated heterocycles. The Hall–Kier alpha value is -3.16. The summed E-state index contributed by atoms with van der Waals surface area (Å²) < 4.78 is 3.69. The molecule has 140 valence electrons. The fraction of sp³-hybridized carbons (Fsp3) is 0.368. The van der Waals surface area contributed by atoms with Crippen molar-refractivity contribution in [3.63, 3.8) is 0 Å². The summed E-state index contributed by atoms with van der Waals surface area (Å²) in [6.07, 6.45) is 7.30. The first-order chi connectivity index (χ1) is 13.2. The van der Waals surface area contributed by atoms with Crippen LogP contribution in [0.25, 0.3) is 11.3 Å². The van der Waals surface area contributed by atoms with E-state index >= 15 is 0 Å². The summed E-state index contributed by atoms with van der Waals surface area (Å²) >= 11 is 0. The molecule has 0 bridgehead atoms. The summed E-state index contributed by atoms with van der Waals surface area (Å²) in [4.78, 5) is 14.4. The van der Waals surface area contributed by atoms with Crippen LogP contribution in [0.1, 0.15) is 24.4 Å². The molecule has 1 aliphatic heterocycles. The number of hydrogen-bond donors (Lipinski definition) is 1. The summed E-state index contributed by atoms with van der Waals surface area (Å²) in [7, 11) is 1.93. The van der Waals surface area contributed by atoms with Crippen molar-refractivity contribution in [2.45, 2.75) is 25.4 Å². The van der Waals surface area contributed by atoms with Gasteiger partial charge in [0.2, 0.25) is 0 Å². The van der Waals surface area contributed by atoms with Crippen molar-refractivity contribution in [1.29, 1.82) is 0 Å². The van der Waals surface area contributed by atoms with E-state index in [-0.39, 0.29) is 12.1 Å². The maximum atomic E-state index is 12.5. The van der Waals surface area contributed by atoms with Crippen LogP contribution in [0.5, 0.6) is 0 Å². The van der Waals surface area contributed by atoms with E-state index in [1.54, 1.807) is 12.4 Å². The van der Waals surface area contributed by atoms with Crippen LogP contribution in [0.3, 0.4) is 0 Å². The number of carbonyl (C=O) groups is 1. The predicted molar refractivity (Wildman–Crippen MR) is 101 cm³/mol. The number of urea groups is 1. The molecule has 8 nitrogen and oxygen atoms in total. The number of carbonyl (C=O) groups excluding carboxylic acids is 1. The second-order valence-corrected chi connectivity index (χ2v) is 6.82. The largest absolute Gasteiger partial charge is 0.334 e. The van der Waals surface area contributed by atoms with E-state index in [1.165, 1.54) is 0 Å². The monoisotopic (exact) mass is 365 g/mol. The molecular weight excluding hydrogens is 342 g/mol. The first-order valence-corrected chi connectivity index (χ1v) is 9.16. The van der Waals surface area contributed by atoms with Crippen molar-refractivity contribution in [2.24, 2.45) is 7.05 Å². The molecule has 0 spiro atoms. The molecule has 2 amide bonds. The molecule has 1 N–H and O–H groups in total. The van der Waals surface area contributed by atoms with Gasteiger partial charge in [-0.3, -0.25) is 4.68 Å². The van der Waals surface area contributed by atoms with Gasteiger partial charge in [-0.25, -0.2) is 9.48 Å². The van der Waals surface area contributed by atoms with Crippen molar-refractivity contribution >= 4 is 6.03 Å². The Morgan fingerprint density at radius 1 is 1.22 bits per heavy atom. The molecule has 0 radical (unpaired) electrons. The zero-order valence-corrected chi connectivity index (χ0v) is 15.3. The van der Waals surface area contributed by atoms with Crippen LogP contribution in [0.4, 0.5) is 4.79 Å². The molecule has 27 heavy (non-hydrogen) atoms. The van der Waals surface area contributed by atoms with E-state index in [0.29, 0.717) is 13.1 Å². The zero-order chi connectivity index (χ0) is 18.6. The van der Waals surface area contributed by atoms with E-state index in [9.17, 15) is 4.79 Å². The van der Waals surface area contributed by atoms with Crippen molar-refractivity contribution in [3.8, 4) is 11.3 Å². The van der Waals surface area contributed by atoms with E-state index in [0.717, 1.165) is 36.2 Å². The number of amides is 2. The van der Waals surface area contributed by atoms with Gasteiger partial charge < -0.3 is 10.2 Å². The number of aryl methyl sites for hydroxylation is 1. The Balaban J connectivity index is 1.33. The van der Waals surface area contributed by atoms with Gasteiger partial charge in [0.15, 0.2) is 0 Å². The van der Waals surface area contributed by atoms with Crippen LogP contribution in [0.2, 0.25) is 0 Å². The molecule has 1 aliphatic rings. The average Bonchev–Trinajstić information content (AvgIpc) is 3.38. The lowest BCUT2D eigenvalue weighted by atomic mass is 10.1. The van der Waals surface area contributed by atoms with Gasteiger partial charge in [0, 0.05) is 39.1 Å². The van der Waals surface area contributed by atoms with Crippen molar-refractivity contribution in [2.75, 3.05) is 13.1 Å². The first kappa shape index (κ1) is 17.3. The third-order valence-electron chi connectivity index (χ3n) is 5.01. The quantitative estimate of drug-likeness (QED) is 0.769. The number of nitrogens with one attached hydrogen (secondary N) is 1. The standard InChI is InChI=1S/C19H23N7O/c1-24-18(8-9-22-24)16-6-4-15(5-7-16)13-20-19(27)25-11-2-3-17(14-25)26-12-10-21-23-26/h4-10,12,17H,2-3,11,13-14H2,1H3,(H,20,27)/t17-/m0/s1. The smallest absolute Gasteiger partial charge is 0.317 e. The minimum absolute atomic E-state index is 0.0319. The molecule has 1 aromatic carbocycles. The first-order valence-electron chi connectivity index (χ1n) is 9.16. The highest BCUT2D eigenvalue weighted by Gasteiger charge is 2.25. The van der Waals surface area contributed by atoms with Gasteiger partial charge in [0.1, 0.15) is 0 Å². The lowest BCUT2D eigenvalue weighted by molar-refractivity contribution is 0.162. The molecule has 3 heterocycles. The third-order valence-corrected chi connectivity index (χ3v) is 5.01.